The molecule has 0 radical (unpaired) electrons. The van der Waals surface area contributed by atoms with Crippen molar-refractivity contribution < 1.29 is 4.79 Å². The molecule has 0 atom stereocenters. The van der Waals surface area contributed by atoms with Crippen molar-refractivity contribution in [2.24, 2.45) is 10.9 Å². The standard InChI is InChI=1S/C16H16N2O/c19-16(14-9-10-14)17-15-8-4-5-11-18(15)12-13-6-2-1-3-7-13/h1-8,11,14H,9-10,12H2. The molecule has 3 rings (SSSR count). The van der Waals surface area contributed by atoms with Crippen LogP contribution in [0.5, 0.6) is 0 Å². The molecule has 1 heterocycles. The van der Waals surface area contributed by atoms with E-state index in [9.17, 15) is 4.79 Å². The molecule has 96 valence electrons. The largest absolute Gasteiger partial charge is 0.328 e. The van der Waals surface area contributed by atoms with E-state index in [-0.39, 0.29) is 11.8 Å². The van der Waals surface area contributed by atoms with E-state index in [0.717, 1.165) is 24.9 Å². The van der Waals surface area contributed by atoms with Crippen molar-refractivity contribution in [1.82, 2.24) is 4.57 Å². The van der Waals surface area contributed by atoms with E-state index in [1.165, 1.54) is 5.56 Å². The number of rotatable bonds is 3. The lowest BCUT2D eigenvalue weighted by Gasteiger charge is -2.07. The first-order chi connectivity index (χ1) is 9.33. The molecule has 1 aromatic heterocycles. The smallest absolute Gasteiger partial charge is 0.250 e. The average Bonchev–Trinajstić information content (AvgIpc) is 3.26. The van der Waals surface area contributed by atoms with Crippen LogP contribution >= 0.6 is 0 Å². The molecule has 1 fully saturated rings. The third-order valence-electron chi connectivity index (χ3n) is 3.26. The van der Waals surface area contributed by atoms with Gasteiger partial charge in [0.25, 0.3) is 5.91 Å². The van der Waals surface area contributed by atoms with Gasteiger partial charge in [0.1, 0.15) is 5.49 Å². The molecule has 1 aliphatic rings. The Labute approximate surface area is 112 Å². The second kappa shape index (κ2) is 5.22. The van der Waals surface area contributed by atoms with Crippen LogP contribution < -0.4 is 5.49 Å². The third kappa shape index (κ3) is 2.99. The van der Waals surface area contributed by atoms with Crippen LogP contribution in [0, 0.1) is 5.92 Å². The number of carbonyl (C=O) groups excluding carboxylic acids is 1. The van der Waals surface area contributed by atoms with Crippen molar-refractivity contribution in [3.8, 4) is 0 Å². The third-order valence-corrected chi connectivity index (χ3v) is 3.26. The highest BCUT2D eigenvalue weighted by atomic mass is 16.1. The molecule has 1 saturated carbocycles. The van der Waals surface area contributed by atoms with Crippen LogP contribution in [0.4, 0.5) is 0 Å². The van der Waals surface area contributed by atoms with Crippen molar-refractivity contribution in [1.29, 1.82) is 0 Å². The van der Waals surface area contributed by atoms with E-state index in [1.807, 2.05) is 47.2 Å². The molecule has 3 nitrogen and oxygen atoms in total. The van der Waals surface area contributed by atoms with E-state index < -0.39 is 0 Å². The van der Waals surface area contributed by atoms with E-state index in [0.29, 0.717) is 0 Å². The van der Waals surface area contributed by atoms with Crippen LogP contribution in [0.25, 0.3) is 0 Å². The predicted molar refractivity (Wildman–Crippen MR) is 73.3 cm³/mol. The maximum Gasteiger partial charge on any atom is 0.250 e. The van der Waals surface area contributed by atoms with Gasteiger partial charge in [-0.1, -0.05) is 36.4 Å². The molecule has 2 aromatic rings. The van der Waals surface area contributed by atoms with Crippen LogP contribution in [0.15, 0.2) is 59.7 Å². The molecule has 3 heteroatoms. The summed E-state index contributed by atoms with van der Waals surface area (Å²) >= 11 is 0. The summed E-state index contributed by atoms with van der Waals surface area (Å²) in [5.41, 5.74) is 1.94. The maximum atomic E-state index is 11.8. The monoisotopic (exact) mass is 252 g/mol. The zero-order chi connectivity index (χ0) is 13.1. The fraction of sp³-hybridized carbons (Fsp3) is 0.250. The minimum absolute atomic E-state index is 0.0213. The highest BCUT2D eigenvalue weighted by Gasteiger charge is 2.29. The normalized spacial score (nSPS) is 15.5. The van der Waals surface area contributed by atoms with Crippen molar-refractivity contribution in [2.45, 2.75) is 19.4 Å². The Bertz CT molecular complexity index is 639. The molecule has 19 heavy (non-hydrogen) atoms. The van der Waals surface area contributed by atoms with E-state index >= 15 is 0 Å². The molecule has 0 bridgehead atoms. The number of benzene rings is 1. The highest BCUT2D eigenvalue weighted by Crippen LogP contribution is 2.29. The van der Waals surface area contributed by atoms with Gasteiger partial charge in [0.15, 0.2) is 0 Å². The topological polar surface area (TPSA) is 34.4 Å². The lowest BCUT2D eigenvalue weighted by Crippen LogP contribution is -2.22. The van der Waals surface area contributed by atoms with Gasteiger partial charge in [-0.2, -0.15) is 4.99 Å². The van der Waals surface area contributed by atoms with Crippen molar-refractivity contribution in [3.05, 3.63) is 65.8 Å². The molecular formula is C16H16N2O. The summed E-state index contributed by atoms with van der Waals surface area (Å²) in [5.74, 6) is 0.193. The van der Waals surface area contributed by atoms with Gasteiger partial charge >= 0.3 is 0 Å². The van der Waals surface area contributed by atoms with Gasteiger partial charge in [0.2, 0.25) is 0 Å². The quantitative estimate of drug-likeness (QED) is 0.825. The Morgan fingerprint density at radius 3 is 2.58 bits per heavy atom. The first kappa shape index (κ1) is 11.9. The van der Waals surface area contributed by atoms with Crippen molar-refractivity contribution in [3.63, 3.8) is 0 Å². The van der Waals surface area contributed by atoms with Crippen LogP contribution in [0.3, 0.4) is 0 Å². The van der Waals surface area contributed by atoms with Gasteiger partial charge in [0.05, 0.1) is 0 Å². The molecule has 0 unspecified atom stereocenters. The van der Waals surface area contributed by atoms with Gasteiger partial charge in [-0.3, -0.25) is 4.79 Å². The summed E-state index contributed by atoms with van der Waals surface area (Å²) in [5, 5.41) is 0. The highest BCUT2D eigenvalue weighted by molar-refractivity contribution is 5.81. The molecule has 0 aliphatic heterocycles. The number of hydrogen-bond donors (Lipinski definition) is 0. The molecule has 0 saturated heterocycles. The minimum atomic E-state index is 0.0213. The van der Waals surface area contributed by atoms with E-state index in [4.69, 9.17) is 0 Å². The lowest BCUT2D eigenvalue weighted by molar-refractivity contribution is -0.119. The minimum Gasteiger partial charge on any atom is -0.328 e. The molecule has 0 N–H and O–H groups in total. The fourth-order valence-electron chi connectivity index (χ4n) is 2.02. The number of carbonyl (C=O) groups is 1. The van der Waals surface area contributed by atoms with E-state index in [2.05, 4.69) is 17.1 Å². The molecule has 0 spiro atoms. The number of pyridine rings is 1. The maximum absolute atomic E-state index is 11.8. The molecular weight excluding hydrogens is 236 g/mol. The number of nitrogens with zero attached hydrogens (tertiary/aromatic N) is 2. The second-order valence-electron chi connectivity index (χ2n) is 4.90. The second-order valence-corrected chi connectivity index (χ2v) is 4.90. The summed E-state index contributed by atoms with van der Waals surface area (Å²) in [6.07, 6.45) is 3.95. The van der Waals surface area contributed by atoms with Gasteiger partial charge in [-0.05, 0) is 30.5 Å². The average molecular weight is 252 g/mol. The lowest BCUT2D eigenvalue weighted by atomic mass is 10.2. The number of amides is 1. The SMILES string of the molecule is O=C(N=c1ccccn1Cc1ccccc1)C1CC1. The molecule has 1 amide bonds. The van der Waals surface area contributed by atoms with Gasteiger partial charge in [0, 0.05) is 18.7 Å². The Hall–Kier alpha value is -2.16. The summed E-state index contributed by atoms with van der Waals surface area (Å²) in [4.78, 5) is 16.0. The number of aromatic nitrogens is 1. The zero-order valence-electron chi connectivity index (χ0n) is 10.7. The van der Waals surface area contributed by atoms with Crippen molar-refractivity contribution >= 4 is 5.91 Å². The summed E-state index contributed by atoms with van der Waals surface area (Å²) < 4.78 is 2.01. The Kier molecular flexibility index (Phi) is 3.27. The molecule has 1 aliphatic carbocycles. The Morgan fingerprint density at radius 1 is 1.11 bits per heavy atom. The van der Waals surface area contributed by atoms with Crippen LogP contribution in [-0.2, 0) is 11.3 Å². The molecule has 1 aromatic carbocycles. The summed E-state index contributed by atoms with van der Waals surface area (Å²) in [6, 6.07) is 16.0. The summed E-state index contributed by atoms with van der Waals surface area (Å²) in [7, 11) is 0. The first-order valence-electron chi connectivity index (χ1n) is 6.61. The Morgan fingerprint density at radius 2 is 1.84 bits per heavy atom. The predicted octanol–water partition coefficient (Wildman–Crippen LogP) is 2.37. The number of hydrogen-bond acceptors (Lipinski definition) is 1. The van der Waals surface area contributed by atoms with Gasteiger partial charge in [-0.15, -0.1) is 0 Å². The van der Waals surface area contributed by atoms with Crippen LogP contribution in [0.2, 0.25) is 0 Å². The summed E-state index contributed by atoms with van der Waals surface area (Å²) in [6.45, 7) is 0.735. The fourth-order valence-corrected chi connectivity index (χ4v) is 2.02. The van der Waals surface area contributed by atoms with Crippen LogP contribution in [-0.4, -0.2) is 10.5 Å². The van der Waals surface area contributed by atoms with Gasteiger partial charge in [-0.25, -0.2) is 0 Å². The van der Waals surface area contributed by atoms with Crippen LogP contribution in [0.1, 0.15) is 18.4 Å². The first-order valence-corrected chi connectivity index (χ1v) is 6.61. The van der Waals surface area contributed by atoms with E-state index in [1.54, 1.807) is 0 Å². The Balaban J connectivity index is 1.91. The van der Waals surface area contributed by atoms with Gasteiger partial charge < -0.3 is 4.57 Å². The zero-order valence-corrected chi connectivity index (χ0v) is 10.7. The van der Waals surface area contributed by atoms with Crippen molar-refractivity contribution in [2.75, 3.05) is 0 Å².